The van der Waals surface area contributed by atoms with Crippen LogP contribution in [0.3, 0.4) is 0 Å². The largest absolute Gasteiger partial charge is 0.573 e. The lowest BCUT2D eigenvalue weighted by atomic mass is 10.2. The highest BCUT2D eigenvalue weighted by molar-refractivity contribution is 5.96. The van der Waals surface area contributed by atoms with Crippen LogP contribution >= 0.6 is 0 Å². The average Bonchev–Trinajstić information content (AvgIpc) is 2.99. The number of carbonyl (C=O) groups excluding carboxylic acids is 1. The van der Waals surface area contributed by atoms with Gasteiger partial charge in [-0.3, -0.25) is 4.79 Å². The van der Waals surface area contributed by atoms with Crippen LogP contribution in [0.2, 0.25) is 0 Å². The zero-order valence-corrected chi connectivity index (χ0v) is 13.7. The average molecular weight is 399 g/mol. The van der Waals surface area contributed by atoms with Crippen molar-refractivity contribution in [1.29, 1.82) is 0 Å². The van der Waals surface area contributed by atoms with E-state index in [0.717, 1.165) is 30.3 Å². The van der Waals surface area contributed by atoms with Crippen molar-refractivity contribution in [3.8, 4) is 17.2 Å². The highest BCUT2D eigenvalue weighted by Gasteiger charge is 2.31. The highest BCUT2D eigenvalue weighted by atomic mass is 19.4. The van der Waals surface area contributed by atoms with Gasteiger partial charge < -0.3 is 20.2 Å². The molecule has 0 spiro atoms. The fourth-order valence-corrected chi connectivity index (χ4v) is 2.25. The minimum Gasteiger partial charge on any atom is -0.419 e. The number of halogens is 5. The summed E-state index contributed by atoms with van der Waals surface area (Å²) in [5.74, 6) is -4.35. The molecule has 3 N–H and O–H groups in total. The molecule has 6 nitrogen and oxygen atoms in total. The molecule has 0 fully saturated rings. The Hall–Kier alpha value is -3.63. The first kappa shape index (κ1) is 19.1. The summed E-state index contributed by atoms with van der Waals surface area (Å²) in [5, 5.41) is 2.56. The smallest absolute Gasteiger partial charge is 0.419 e. The third-order valence-electron chi connectivity index (χ3n) is 3.38. The number of ether oxygens (including phenoxy) is 1. The second-order valence-corrected chi connectivity index (χ2v) is 5.35. The van der Waals surface area contributed by atoms with Gasteiger partial charge in [-0.05, 0) is 36.4 Å². The van der Waals surface area contributed by atoms with Gasteiger partial charge in [0.25, 0.3) is 5.91 Å². The molecule has 0 atom stereocenters. The maximum absolute atomic E-state index is 13.9. The van der Waals surface area contributed by atoms with Crippen molar-refractivity contribution < 1.29 is 35.9 Å². The van der Waals surface area contributed by atoms with Gasteiger partial charge in [-0.15, -0.1) is 13.2 Å². The van der Waals surface area contributed by atoms with E-state index in [2.05, 4.69) is 15.0 Å². The lowest BCUT2D eigenvalue weighted by molar-refractivity contribution is -0.274. The van der Waals surface area contributed by atoms with Gasteiger partial charge in [0, 0.05) is 5.69 Å². The Balaban J connectivity index is 1.92. The first-order valence-corrected chi connectivity index (χ1v) is 7.52. The van der Waals surface area contributed by atoms with Crippen molar-refractivity contribution in [2.24, 2.45) is 5.73 Å². The predicted octanol–water partition coefficient (Wildman–Crippen LogP) is 4.36. The van der Waals surface area contributed by atoms with Crippen molar-refractivity contribution in [3.63, 3.8) is 0 Å². The molecule has 0 radical (unpaired) electrons. The Morgan fingerprint density at radius 2 is 1.68 bits per heavy atom. The second-order valence-electron chi connectivity index (χ2n) is 5.35. The lowest BCUT2D eigenvalue weighted by Crippen LogP contribution is -2.17. The van der Waals surface area contributed by atoms with Crippen molar-refractivity contribution in [3.05, 3.63) is 59.8 Å². The topological polar surface area (TPSA) is 90.4 Å². The Labute approximate surface area is 153 Å². The molecule has 3 rings (SSSR count). The zero-order valence-electron chi connectivity index (χ0n) is 13.7. The summed E-state index contributed by atoms with van der Waals surface area (Å²) in [6.07, 6.45) is -4.85. The van der Waals surface area contributed by atoms with Crippen molar-refractivity contribution in [1.82, 2.24) is 4.98 Å². The highest BCUT2D eigenvalue weighted by Crippen LogP contribution is 2.32. The van der Waals surface area contributed by atoms with E-state index >= 15 is 0 Å². The van der Waals surface area contributed by atoms with Crippen LogP contribution in [0.4, 0.5) is 33.5 Å². The molecule has 0 aliphatic heterocycles. The fourth-order valence-electron chi connectivity index (χ4n) is 2.25. The summed E-state index contributed by atoms with van der Waals surface area (Å²) in [4.78, 5) is 15.3. The molecule has 0 saturated heterocycles. The van der Waals surface area contributed by atoms with Gasteiger partial charge in [-0.2, -0.15) is 0 Å². The van der Waals surface area contributed by atoms with Gasteiger partial charge in [-0.1, -0.05) is 6.07 Å². The molecule has 3 aromatic rings. The number of alkyl halides is 3. The number of carbonyl (C=O) groups is 1. The number of benzene rings is 2. The van der Waals surface area contributed by atoms with E-state index in [0.29, 0.717) is 0 Å². The summed E-state index contributed by atoms with van der Waals surface area (Å²) in [5.41, 5.74) is 4.31. The molecule has 0 bridgehead atoms. The zero-order chi connectivity index (χ0) is 20.5. The van der Waals surface area contributed by atoms with Crippen LogP contribution in [0.15, 0.2) is 46.9 Å². The number of nitrogens with one attached hydrogen (secondary N) is 1. The van der Waals surface area contributed by atoms with Gasteiger partial charge in [0.15, 0.2) is 5.69 Å². The van der Waals surface area contributed by atoms with E-state index in [1.165, 1.54) is 12.1 Å². The first-order valence-electron chi connectivity index (χ1n) is 7.52. The third kappa shape index (κ3) is 4.19. The Morgan fingerprint density at radius 1 is 1.07 bits per heavy atom. The van der Waals surface area contributed by atoms with Gasteiger partial charge in [-0.25, -0.2) is 13.8 Å². The molecule has 11 heteroatoms. The number of oxazole rings is 1. The van der Waals surface area contributed by atoms with E-state index in [4.69, 9.17) is 10.2 Å². The molecule has 28 heavy (non-hydrogen) atoms. The monoisotopic (exact) mass is 399 g/mol. The van der Waals surface area contributed by atoms with E-state index in [9.17, 15) is 26.7 Å². The quantitative estimate of drug-likeness (QED) is 0.622. The van der Waals surface area contributed by atoms with E-state index < -0.39 is 46.8 Å². The maximum Gasteiger partial charge on any atom is 0.573 e. The van der Waals surface area contributed by atoms with Crippen LogP contribution in [0.1, 0.15) is 10.5 Å². The molecular weight excluding hydrogens is 389 g/mol. The number of hydrogen-bond acceptors (Lipinski definition) is 5. The summed E-state index contributed by atoms with van der Waals surface area (Å²) >= 11 is 0. The molecule has 0 unspecified atom stereocenters. The lowest BCUT2D eigenvalue weighted by Gasteiger charge is -2.09. The molecule has 1 aromatic heterocycles. The number of anilines is 2. The standard InChI is InChI=1S/C17H10F5N3O3/c18-10-2-1-3-11(19)12(10)15-25-13(14(23)26)16(27-15)24-8-4-6-9(7-5-8)28-17(20,21)22/h1-7,24H,(H2,23,26). The molecule has 2 aromatic carbocycles. The van der Waals surface area contributed by atoms with Crippen LogP contribution in [-0.2, 0) is 0 Å². The van der Waals surface area contributed by atoms with Crippen molar-refractivity contribution in [2.45, 2.75) is 6.36 Å². The molecule has 0 aliphatic carbocycles. The molecule has 0 saturated carbocycles. The number of nitrogens with zero attached hydrogens (tertiary/aromatic N) is 1. The van der Waals surface area contributed by atoms with Crippen LogP contribution in [0.25, 0.3) is 11.5 Å². The van der Waals surface area contributed by atoms with E-state index in [-0.39, 0.29) is 11.6 Å². The normalized spacial score (nSPS) is 11.3. The molecule has 1 heterocycles. The summed E-state index contributed by atoms with van der Waals surface area (Å²) in [6.45, 7) is 0. The first-order chi connectivity index (χ1) is 13.1. The number of nitrogens with two attached hydrogens (primary N) is 1. The summed E-state index contributed by atoms with van der Waals surface area (Å²) in [7, 11) is 0. The second kappa shape index (κ2) is 7.18. The SMILES string of the molecule is NC(=O)c1nc(-c2c(F)cccc2F)oc1Nc1ccc(OC(F)(F)F)cc1. The number of amides is 1. The predicted molar refractivity (Wildman–Crippen MR) is 86.8 cm³/mol. The number of primary amides is 1. The number of rotatable bonds is 5. The molecule has 1 amide bonds. The number of hydrogen-bond donors (Lipinski definition) is 2. The van der Waals surface area contributed by atoms with Gasteiger partial charge in [0.05, 0.1) is 0 Å². The summed E-state index contributed by atoms with van der Waals surface area (Å²) < 4.78 is 73.3. The minimum absolute atomic E-state index is 0.175. The Bertz CT molecular complexity index is 996. The molecule has 0 aliphatic rings. The van der Waals surface area contributed by atoms with E-state index in [1.807, 2.05) is 0 Å². The van der Waals surface area contributed by atoms with Crippen LogP contribution in [0, 0.1) is 11.6 Å². The minimum atomic E-state index is -4.85. The fraction of sp³-hybridized carbons (Fsp3) is 0.0588. The third-order valence-corrected chi connectivity index (χ3v) is 3.38. The van der Waals surface area contributed by atoms with Gasteiger partial charge >= 0.3 is 6.36 Å². The molecule has 146 valence electrons. The van der Waals surface area contributed by atoms with Crippen LogP contribution in [0.5, 0.6) is 5.75 Å². The van der Waals surface area contributed by atoms with Crippen LogP contribution in [-0.4, -0.2) is 17.3 Å². The van der Waals surface area contributed by atoms with Crippen LogP contribution < -0.4 is 15.8 Å². The van der Waals surface area contributed by atoms with Crippen molar-refractivity contribution in [2.75, 3.05) is 5.32 Å². The maximum atomic E-state index is 13.9. The van der Waals surface area contributed by atoms with Gasteiger partial charge in [0.2, 0.25) is 11.8 Å². The molecular formula is C17H10F5N3O3. The van der Waals surface area contributed by atoms with E-state index in [1.54, 1.807) is 0 Å². The summed E-state index contributed by atoms with van der Waals surface area (Å²) in [6, 6.07) is 7.48. The number of aromatic nitrogens is 1. The van der Waals surface area contributed by atoms with Crippen molar-refractivity contribution >= 4 is 17.5 Å². The Kier molecular flexibility index (Phi) is 4.91. The Morgan fingerprint density at radius 3 is 2.21 bits per heavy atom. The van der Waals surface area contributed by atoms with Gasteiger partial charge in [0.1, 0.15) is 22.9 Å².